The van der Waals surface area contributed by atoms with Crippen LogP contribution in [0.5, 0.6) is 0 Å². The van der Waals surface area contributed by atoms with Crippen LogP contribution in [0.15, 0.2) is 24.3 Å². The van der Waals surface area contributed by atoms with Crippen LogP contribution in [0.1, 0.15) is 13.8 Å². The summed E-state index contributed by atoms with van der Waals surface area (Å²) in [7, 11) is 0. The van der Waals surface area contributed by atoms with Gasteiger partial charge in [-0.05, 0) is 50.3 Å². The highest BCUT2D eigenvalue weighted by Gasteiger charge is 2.12. The van der Waals surface area contributed by atoms with Gasteiger partial charge in [0.25, 0.3) is 0 Å². The van der Waals surface area contributed by atoms with E-state index in [4.69, 9.17) is 9.47 Å². The molecule has 0 atom stereocenters. The van der Waals surface area contributed by atoms with Gasteiger partial charge in [-0.15, -0.1) is 22.7 Å². The molecule has 142 valence electrons. The first-order valence-corrected chi connectivity index (χ1v) is 9.94. The van der Waals surface area contributed by atoms with Crippen LogP contribution < -0.4 is 18.1 Å². The van der Waals surface area contributed by atoms with Crippen LogP contribution in [0, 0.1) is 22.7 Å². The lowest BCUT2D eigenvalue weighted by molar-refractivity contribution is -0.136. The summed E-state index contributed by atoms with van der Waals surface area (Å²) in [5.74, 6) is -1.27. The maximum absolute atomic E-state index is 11.8. The van der Waals surface area contributed by atoms with E-state index in [2.05, 4.69) is 0 Å². The fourth-order valence-corrected chi connectivity index (χ4v) is 3.91. The van der Waals surface area contributed by atoms with E-state index < -0.39 is 11.9 Å². The minimum atomic E-state index is -0.635. The van der Waals surface area contributed by atoms with Gasteiger partial charge in [0, 0.05) is 9.06 Å². The second kappa shape index (κ2) is 10.2. The normalized spacial score (nSPS) is 14.0. The van der Waals surface area contributed by atoms with Crippen LogP contribution in [0.3, 0.4) is 0 Å². The van der Waals surface area contributed by atoms with E-state index in [1.807, 2.05) is 24.3 Å². The van der Waals surface area contributed by atoms with Crippen molar-refractivity contribution in [3.05, 3.63) is 42.4 Å². The summed E-state index contributed by atoms with van der Waals surface area (Å²) >= 11 is 2.59. The van der Waals surface area contributed by atoms with Crippen LogP contribution in [0.2, 0.25) is 0 Å². The fraction of sp³-hybridized carbons (Fsp3) is 0.200. The maximum Gasteiger partial charge on any atom is 0.350 e. The minimum absolute atomic E-state index is 0.0207. The average Bonchev–Trinajstić information content (AvgIpc) is 3.32. The molecule has 28 heavy (non-hydrogen) atoms. The van der Waals surface area contributed by atoms with Gasteiger partial charge < -0.3 is 9.47 Å². The zero-order chi connectivity index (χ0) is 20.5. The molecule has 2 heterocycles. The number of nitrogens with zero attached hydrogens (tertiary/aromatic N) is 2. The highest BCUT2D eigenvalue weighted by molar-refractivity contribution is 7.08. The van der Waals surface area contributed by atoms with Crippen LogP contribution in [0.4, 0.5) is 0 Å². The highest BCUT2D eigenvalue weighted by atomic mass is 32.1. The Hall–Kier alpha value is -3.20. The summed E-state index contributed by atoms with van der Waals surface area (Å²) in [6.07, 6.45) is 3.67. The molecule has 0 spiro atoms. The predicted octanol–water partition coefficient (Wildman–Crippen LogP) is 0.546. The summed E-state index contributed by atoms with van der Waals surface area (Å²) in [5.41, 5.74) is -0.0415. The van der Waals surface area contributed by atoms with Gasteiger partial charge in [-0.25, -0.2) is 9.59 Å². The smallest absolute Gasteiger partial charge is 0.350 e. The van der Waals surface area contributed by atoms with E-state index in [-0.39, 0.29) is 24.4 Å². The molecule has 0 radical (unpaired) electrons. The molecular weight excluding hydrogens is 396 g/mol. The van der Waals surface area contributed by atoms with E-state index >= 15 is 0 Å². The molecule has 0 fully saturated rings. The van der Waals surface area contributed by atoms with Gasteiger partial charge in [0.1, 0.15) is 12.1 Å². The highest BCUT2D eigenvalue weighted by Crippen LogP contribution is 1.98. The van der Waals surface area contributed by atoms with Gasteiger partial charge in [0.15, 0.2) is 11.1 Å². The monoisotopic (exact) mass is 412 g/mol. The largest absolute Gasteiger partial charge is 0.462 e. The van der Waals surface area contributed by atoms with E-state index in [0.717, 1.165) is 9.06 Å². The topological polar surface area (TPSA) is 100 Å². The lowest BCUT2D eigenvalue weighted by atomic mass is 10.3. The lowest BCUT2D eigenvalue weighted by Gasteiger charge is -1.97. The van der Waals surface area contributed by atoms with Crippen molar-refractivity contribution in [1.29, 1.82) is 10.5 Å². The molecule has 0 N–H and O–H groups in total. The molecule has 6 nitrogen and oxygen atoms in total. The molecular formula is C20H16N2O4S2. The molecule has 2 rings (SSSR count). The van der Waals surface area contributed by atoms with Crippen molar-refractivity contribution < 1.29 is 19.1 Å². The quantitative estimate of drug-likeness (QED) is 0.665. The van der Waals surface area contributed by atoms with Gasteiger partial charge >= 0.3 is 11.9 Å². The average molecular weight is 412 g/mol. The SMILES string of the molecule is CCOC(=O)/C(C#N)=c1/cc/c(=C/C=c2\cc/c(=C(\C#N)C(=O)OCC)s2)s1. The third kappa shape index (κ3) is 5.17. The second-order valence-electron chi connectivity index (χ2n) is 5.15. The second-order valence-corrected chi connectivity index (χ2v) is 7.38. The zero-order valence-electron chi connectivity index (χ0n) is 15.2. The Morgan fingerprint density at radius 2 is 1.25 bits per heavy atom. The third-order valence-corrected chi connectivity index (χ3v) is 5.48. The molecule has 2 aromatic heterocycles. The molecule has 0 aliphatic carbocycles. The molecule has 0 amide bonds. The van der Waals surface area contributed by atoms with Crippen LogP contribution in [-0.2, 0) is 19.1 Å². The number of thiophene rings is 2. The van der Waals surface area contributed by atoms with E-state index in [1.165, 1.54) is 22.7 Å². The maximum atomic E-state index is 11.8. The summed E-state index contributed by atoms with van der Waals surface area (Å²) in [4.78, 5) is 23.6. The first-order chi connectivity index (χ1) is 13.5. The molecule has 0 bridgehead atoms. The number of esters is 2. The van der Waals surface area contributed by atoms with Crippen molar-refractivity contribution >= 4 is 57.9 Å². The molecule has 8 heteroatoms. The Bertz CT molecular complexity index is 1110. The number of hydrogen-bond donors (Lipinski definition) is 0. The standard InChI is InChI=1S/C20H16N2O4S2/c1-3-25-19(23)15(11-21)17-9-7-13(27-17)5-6-14-8-10-18(28-14)16(12-22)20(24)26-4-2/h5-10H,3-4H2,1-2H3/b13-5-,14-6+,17-15-,18-16-. The number of carbonyl (C=O) groups excluding carboxylic acids is 2. The van der Waals surface area contributed by atoms with Gasteiger partial charge in [0.2, 0.25) is 0 Å². The summed E-state index contributed by atoms with van der Waals surface area (Å²) < 4.78 is 12.5. The zero-order valence-corrected chi connectivity index (χ0v) is 16.9. The summed E-state index contributed by atoms with van der Waals surface area (Å²) in [6.45, 7) is 3.77. The number of nitriles is 2. The number of hydrogen-bond acceptors (Lipinski definition) is 8. The van der Waals surface area contributed by atoms with Crippen molar-refractivity contribution in [2.45, 2.75) is 13.8 Å². The van der Waals surface area contributed by atoms with Gasteiger partial charge in [-0.1, -0.05) is 0 Å². The minimum Gasteiger partial charge on any atom is -0.462 e. The van der Waals surface area contributed by atoms with Gasteiger partial charge in [-0.2, -0.15) is 10.5 Å². The van der Waals surface area contributed by atoms with Crippen LogP contribution in [-0.4, -0.2) is 25.2 Å². The fourth-order valence-electron chi connectivity index (χ4n) is 2.13. The Labute approximate surface area is 169 Å². The van der Waals surface area contributed by atoms with Crippen LogP contribution in [0.25, 0.3) is 23.3 Å². The third-order valence-electron chi connectivity index (χ3n) is 3.34. The predicted molar refractivity (Wildman–Crippen MR) is 107 cm³/mol. The Morgan fingerprint density at radius 1 is 0.857 bits per heavy atom. The Kier molecular flexibility index (Phi) is 7.70. The molecule has 0 saturated heterocycles. The first kappa shape index (κ1) is 21.1. The van der Waals surface area contributed by atoms with E-state index in [9.17, 15) is 20.1 Å². The van der Waals surface area contributed by atoms with Crippen molar-refractivity contribution in [2.24, 2.45) is 0 Å². The first-order valence-electron chi connectivity index (χ1n) is 8.30. The number of ether oxygens (including phenoxy) is 2. The number of rotatable bonds is 5. The van der Waals surface area contributed by atoms with Crippen molar-refractivity contribution in [3.8, 4) is 12.1 Å². The van der Waals surface area contributed by atoms with Crippen molar-refractivity contribution in [2.75, 3.05) is 13.2 Å². The lowest BCUT2D eigenvalue weighted by Crippen LogP contribution is -2.12. The summed E-state index contributed by atoms with van der Waals surface area (Å²) in [6, 6.07) is 10.8. The molecule has 0 saturated carbocycles. The van der Waals surface area contributed by atoms with E-state index in [0.29, 0.717) is 9.06 Å². The Balaban J connectivity index is 2.44. The molecule has 0 unspecified atom stereocenters. The van der Waals surface area contributed by atoms with Gasteiger partial charge in [-0.3, -0.25) is 0 Å². The van der Waals surface area contributed by atoms with Crippen molar-refractivity contribution in [1.82, 2.24) is 0 Å². The van der Waals surface area contributed by atoms with E-state index in [1.54, 1.807) is 38.1 Å². The Morgan fingerprint density at radius 3 is 1.57 bits per heavy atom. The summed E-state index contributed by atoms with van der Waals surface area (Å²) in [5, 5.41) is 18.4. The molecule has 0 aliphatic rings. The molecule has 0 aliphatic heterocycles. The number of carbonyl (C=O) groups is 2. The van der Waals surface area contributed by atoms with Crippen LogP contribution >= 0.6 is 22.7 Å². The van der Waals surface area contributed by atoms with Crippen molar-refractivity contribution in [3.63, 3.8) is 0 Å². The molecule has 0 aromatic carbocycles. The van der Waals surface area contributed by atoms with Gasteiger partial charge in [0.05, 0.1) is 22.3 Å². The molecule has 2 aromatic rings.